The third kappa shape index (κ3) is 2.40. The van der Waals surface area contributed by atoms with E-state index in [1.165, 1.54) is 12.0 Å². The van der Waals surface area contributed by atoms with Gasteiger partial charge in [-0.2, -0.15) is 0 Å². The minimum absolute atomic E-state index is 0.366. The van der Waals surface area contributed by atoms with Crippen LogP contribution in [0.25, 0.3) is 0 Å². The van der Waals surface area contributed by atoms with Gasteiger partial charge in [0.1, 0.15) is 0 Å². The van der Waals surface area contributed by atoms with Crippen LogP contribution in [-0.2, 0) is 12.0 Å². The third-order valence-electron chi connectivity index (χ3n) is 4.40. The Kier molecular flexibility index (Phi) is 3.58. The van der Waals surface area contributed by atoms with Crippen LogP contribution in [0.5, 0.6) is 0 Å². The first-order valence-corrected chi connectivity index (χ1v) is 6.88. The van der Waals surface area contributed by atoms with Crippen LogP contribution in [0.4, 0.5) is 0 Å². The monoisotopic (exact) mass is 232 g/mol. The number of aryl methyl sites for hydroxylation is 1. The molecule has 1 aliphatic rings. The summed E-state index contributed by atoms with van der Waals surface area (Å²) in [5, 5.41) is 11.0. The predicted octanol–water partition coefficient (Wildman–Crippen LogP) is 3.89. The van der Waals surface area contributed by atoms with Crippen LogP contribution in [-0.4, -0.2) is 5.11 Å². The molecule has 3 atom stereocenters. The Morgan fingerprint density at radius 3 is 2.76 bits per heavy atom. The van der Waals surface area contributed by atoms with Crippen LogP contribution < -0.4 is 0 Å². The van der Waals surface area contributed by atoms with Gasteiger partial charge in [0.05, 0.1) is 5.60 Å². The molecule has 0 radical (unpaired) electrons. The topological polar surface area (TPSA) is 20.2 Å². The lowest BCUT2D eigenvalue weighted by molar-refractivity contribution is -0.0627. The van der Waals surface area contributed by atoms with Crippen LogP contribution >= 0.6 is 0 Å². The summed E-state index contributed by atoms with van der Waals surface area (Å²) in [6, 6.07) is 8.50. The Labute approximate surface area is 105 Å². The van der Waals surface area contributed by atoms with Crippen LogP contribution in [0.1, 0.15) is 51.2 Å². The van der Waals surface area contributed by atoms with Crippen molar-refractivity contribution in [3.8, 4) is 0 Å². The molecule has 1 N–H and O–H groups in total. The molecule has 3 unspecified atom stereocenters. The zero-order valence-corrected chi connectivity index (χ0v) is 11.2. The van der Waals surface area contributed by atoms with Gasteiger partial charge in [-0.3, -0.25) is 0 Å². The number of aliphatic hydroxyl groups is 1. The number of hydrogen-bond donors (Lipinski definition) is 1. The van der Waals surface area contributed by atoms with E-state index < -0.39 is 5.60 Å². The minimum atomic E-state index is -0.608. The maximum absolute atomic E-state index is 11.0. The summed E-state index contributed by atoms with van der Waals surface area (Å²) in [5.41, 5.74) is 1.83. The molecule has 0 spiro atoms. The molecular formula is C16H24O. The highest BCUT2D eigenvalue weighted by atomic mass is 16.3. The normalized spacial score (nSPS) is 33.6. The predicted molar refractivity (Wildman–Crippen MR) is 71.9 cm³/mol. The van der Waals surface area contributed by atoms with Crippen molar-refractivity contribution in [1.82, 2.24) is 0 Å². The average molecular weight is 232 g/mol. The third-order valence-corrected chi connectivity index (χ3v) is 4.40. The second-order valence-corrected chi connectivity index (χ2v) is 5.77. The molecule has 0 bridgehead atoms. The fraction of sp³-hybridized carbons (Fsp3) is 0.625. The van der Waals surface area contributed by atoms with Crippen LogP contribution in [0.15, 0.2) is 24.3 Å². The molecule has 2 rings (SSSR count). The van der Waals surface area contributed by atoms with Crippen molar-refractivity contribution in [2.45, 2.75) is 52.1 Å². The first-order chi connectivity index (χ1) is 8.06. The van der Waals surface area contributed by atoms with Gasteiger partial charge in [0, 0.05) is 0 Å². The average Bonchev–Trinajstić information content (AvgIpc) is 2.34. The van der Waals surface area contributed by atoms with Gasteiger partial charge in [-0.05, 0) is 42.2 Å². The first-order valence-electron chi connectivity index (χ1n) is 6.88. The van der Waals surface area contributed by atoms with Gasteiger partial charge < -0.3 is 5.11 Å². The molecule has 0 aromatic heterocycles. The first kappa shape index (κ1) is 12.6. The summed E-state index contributed by atoms with van der Waals surface area (Å²) >= 11 is 0. The Bertz CT molecular complexity index is 385. The van der Waals surface area contributed by atoms with Crippen molar-refractivity contribution in [1.29, 1.82) is 0 Å². The summed E-state index contributed by atoms with van der Waals surface area (Å²) in [5.74, 6) is 0.993. The SMILES string of the molecule is CCc1cccc(C2(O)CC(C)CCC2C)c1. The molecule has 94 valence electrons. The molecule has 1 heteroatoms. The number of benzene rings is 1. The maximum Gasteiger partial charge on any atom is 0.0924 e. The van der Waals surface area contributed by atoms with Crippen molar-refractivity contribution in [2.75, 3.05) is 0 Å². The van der Waals surface area contributed by atoms with E-state index >= 15 is 0 Å². The van der Waals surface area contributed by atoms with Crippen molar-refractivity contribution in [3.63, 3.8) is 0 Å². The summed E-state index contributed by atoms with van der Waals surface area (Å²) in [7, 11) is 0. The van der Waals surface area contributed by atoms with Gasteiger partial charge in [-0.15, -0.1) is 0 Å². The Hall–Kier alpha value is -0.820. The van der Waals surface area contributed by atoms with E-state index in [2.05, 4.69) is 45.0 Å². The van der Waals surface area contributed by atoms with Crippen LogP contribution in [0.2, 0.25) is 0 Å². The molecule has 1 nitrogen and oxygen atoms in total. The lowest BCUT2D eigenvalue weighted by atomic mass is 9.68. The molecular weight excluding hydrogens is 208 g/mol. The molecule has 1 aromatic carbocycles. The van der Waals surface area contributed by atoms with Gasteiger partial charge in [0.15, 0.2) is 0 Å². The fourth-order valence-electron chi connectivity index (χ4n) is 3.07. The van der Waals surface area contributed by atoms with Crippen molar-refractivity contribution < 1.29 is 5.11 Å². The van der Waals surface area contributed by atoms with E-state index in [1.807, 2.05) is 0 Å². The van der Waals surface area contributed by atoms with Crippen molar-refractivity contribution >= 4 is 0 Å². The summed E-state index contributed by atoms with van der Waals surface area (Å²) in [6.07, 6.45) is 4.32. The van der Waals surface area contributed by atoms with E-state index in [0.29, 0.717) is 11.8 Å². The second kappa shape index (κ2) is 4.81. The molecule has 1 saturated carbocycles. The largest absolute Gasteiger partial charge is 0.385 e. The molecule has 1 aromatic rings. The lowest BCUT2D eigenvalue weighted by Crippen LogP contribution is -2.39. The van der Waals surface area contributed by atoms with E-state index in [-0.39, 0.29) is 0 Å². The molecule has 0 heterocycles. The Morgan fingerprint density at radius 2 is 2.06 bits per heavy atom. The molecule has 1 aliphatic carbocycles. The summed E-state index contributed by atoms with van der Waals surface area (Å²) in [4.78, 5) is 0. The number of hydrogen-bond acceptors (Lipinski definition) is 1. The lowest BCUT2D eigenvalue weighted by Gasteiger charge is -2.41. The van der Waals surface area contributed by atoms with Gasteiger partial charge in [0.25, 0.3) is 0 Å². The molecule has 0 aliphatic heterocycles. The number of rotatable bonds is 2. The summed E-state index contributed by atoms with van der Waals surface area (Å²) < 4.78 is 0. The maximum atomic E-state index is 11.0. The van der Waals surface area contributed by atoms with Gasteiger partial charge in [0.2, 0.25) is 0 Å². The van der Waals surface area contributed by atoms with Gasteiger partial charge in [-0.25, -0.2) is 0 Å². The van der Waals surface area contributed by atoms with E-state index in [1.54, 1.807) is 0 Å². The van der Waals surface area contributed by atoms with E-state index in [9.17, 15) is 5.11 Å². The molecule has 1 fully saturated rings. The van der Waals surface area contributed by atoms with E-state index in [0.717, 1.165) is 24.8 Å². The highest BCUT2D eigenvalue weighted by Crippen LogP contribution is 2.43. The van der Waals surface area contributed by atoms with Gasteiger partial charge >= 0.3 is 0 Å². The minimum Gasteiger partial charge on any atom is -0.385 e. The highest BCUT2D eigenvalue weighted by molar-refractivity contribution is 5.29. The Balaban J connectivity index is 2.34. The summed E-state index contributed by atoms with van der Waals surface area (Å²) in [6.45, 7) is 6.60. The smallest absolute Gasteiger partial charge is 0.0924 e. The standard InChI is InChI=1S/C16H24O/c1-4-14-6-5-7-15(10-14)16(17)11-12(2)8-9-13(16)3/h5-7,10,12-13,17H,4,8-9,11H2,1-3H3. The molecule has 0 amide bonds. The van der Waals surface area contributed by atoms with Gasteiger partial charge in [-0.1, -0.05) is 51.5 Å². The van der Waals surface area contributed by atoms with Crippen LogP contribution in [0.3, 0.4) is 0 Å². The zero-order chi connectivity index (χ0) is 12.5. The van der Waals surface area contributed by atoms with Crippen LogP contribution in [0, 0.1) is 11.8 Å². The van der Waals surface area contributed by atoms with E-state index in [4.69, 9.17) is 0 Å². The highest BCUT2D eigenvalue weighted by Gasteiger charge is 2.40. The van der Waals surface area contributed by atoms with Crippen molar-refractivity contribution in [3.05, 3.63) is 35.4 Å². The quantitative estimate of drug-likeness (QED) is 0.820. The molecule has 17 heavy (non-hydrogen) atoms. The Morgan fingerprint density at radius 1 is 1.29 bits per heavy atom. The molecule has 0 saturated heterocycles. The second-order valence-electron chi connectivity index (χ2n) is 5.77. The zero-order valence-electron chi connectivity index (χ0n) is 11.2. The van der Waals surface area contributed by atoms with Crippen molar-refractivity contribution in [2.24, 2.45) is 11.8 Å². The fourth-order valence-corrected chi connectivity index (χ4v) is 3.07.